The molecule has 1 aromatic rings. The number of likely N-dealkylation sites (N-methyl/N-ethyl adjacent to an activating group) is 1. The number of hydrogen-bond acceptors (Lipinski definition) is 4. The summed E-state index contributed by atoms with van der Waals surface area (Å²) in [5, 5.41) is 4.04. The van der Waals surface area contributed by atoms with Gasteiger partial charge in [-0.3, -0.25) is 9.47 Å². The highest BCUT2D eigenvalue weighted by molar-refractivity contribution is 4.71. The van der Waals surface area contributed by atoms with Crippen LogP contribution in [0.25, 0.3) is 0 Å². The molecule has 0 bridgehead atoms. The van der Waals surface area contributed by atoms with Crippen molar-refractivity contribution >= 4 is 0 Å². The van der Waals surface area contributed by atoms with Gasteiger partial charge in [0.1, 0.15) is 6.33 Å². The Kier molecular flexibility index (Phi) is 3.40. The largest absolute Gasteiger partial charge is 0.345 e. The van der Waals surface area contributed by atoms with E-state index < -0.39 is 0 Å². The van der Waals surface area contributed by atoms with Gasteiger partial charge in [0.15, 0.2) is 0 Å². The number of rotatable bonds is 3. The van der Waals surface area contributed by atoms with Crippen LogP contribution in [0.2, 0.25) is 0 Å². The molecule has 0 radical (unpaired) electrons. The molecule has 0 amide bonds. The molecule has 0 atom stereocenters. The summed E-state index contributed by atoms with van der Waals surface area (Å²) in [7, 11) is 3.86. The highest BCUT2D eigenvalue weighted by Crippen LogP contribution is 1.98. The van der Waals surface area contributed by atoms with Crippen molar-refractivity contribution in [3.05, 3.63) is 16.8 Å². The normalized spacial score (nSPS) is 19.1. The van der Waals surface area contributed by atoms with Gasteiger partial charge in [0.2, 0.25) is 0 Å². The van der Waals surface area contributed by atoms with Crippen molar-refractivity contribution < 1.29 is 0 Å². The SMILES string of the molecule is CN1CCN(CCn2ncn(C)c2=O)CC1. The Morgan fingerprint density at radius 1 is 1.19 bits per heavy atom. The maximum Gasteiger partial charge on any atom is 0.345 e. The Hall–Kier alpha value is -1.14. The van der Waals surface area contributed by atoms with Crippen molar-refractivity contribution in [1.82, 2.24) is 24.1 Å². The van der Waals surface area contributed by atoms with Crippen LogP contribution in [0.1, 0.15) is 0 Å². The zero-order valence-electron chi connectivity index (χ0n) is 9.96. The Bertz CT molecular complexity index is 388. The van der Waals surface area contributed by atoms with Crippen LogP contribution in [-0.2, 0) is 13.6 Å². The molecule has 0 N–H and O–H groups in total. The highest BCUT2D eigenvalue weighted by atomic mass is 16.2. The van der Waals surface area contributed by atoms with Gasteiger partial charge in [0.05, 0.1) is 6.54 Å². The quantitative estimate of drug-likeness (QED) is 0.650. The van der Waals surface area contributed by atoms with Gasteiger partial charge in [-0.2, -0.15) is 5.10 Å². The summed E-state index contributed by atoms with van der Waals surface area (Å²) >= 11 is 0. The predicted octanol–water partition coefficient (Wildman–Crippen LogP) is -1.17. The molecule has 16 heavy (non-hydrogen) atoms. The second kappa shape index (κ2) is 4.80. The molecule has 1 fully saturated rings. The van der Waals surface area contributed by atoms with Crippen molar-refractivity contribution in [2.45, 2.75) is 6.54 Å². The fourth-order valence-corrected chi connectivity index (χ4v) is 1.88. The van der Waals surface area contributed by atoms with Crippen LogP contribution in [0, 0.1) is 0 Å². The summed E-state index contributed by atoms with van der Waals surface area (Å²) in [6.45, 7) is 5.97. The minimum atomic E-state index is -0.0332. The maximum absolute atomic E-state index is 11.5. The summed E-state index contributed by atoms with van der Waals surface area (Å²) in [6.07, 6.45) is 1.56. The molecular formula is C10H19N5O. The standard InChI is InChI=1S/C10H19N5O/c1-12-3-5-14(6-4-12)7-8-15-10(16)13(2)9-11-15/h9H,3-8H2,1-2H3. The lowest BCUT2D eigenvalue weighted by atomic mass is 10.3. The Balaban J connectivity index is 1.84. The van der Waals surface area contributed by atoms with Crippen molar-refractivity contribution in [1.29, 1.82) is 0 Å². The van der Waals surface area contributed by atoms with Gasteiger partial charge < -0.3 is 4.90 Å². The average Bonchev–Trinajstić information content (AvgIpc) is 2.60. The lowest BCUT2D eigenvalue weighted by Crippen LogP contribution is -2.45. The first-order valence-corrected chi connectivity index (χ1v) is 5.66. The second-order valence-electron chi connectivity index (χ2n) is 4.39. The van der Waals surface area contributed by atoms with Gasteiger partial charge in [-0.15, -0.1) is 0 Å². The van der Waals surface area contributed by atoms with Crippen LogP contribution in [0.5, 0.6) is 0 Å². The molecule has 0 saturated carbocycles. The zero-order valence-corrected chi connectivity index (χ0v) is 9.96. The van der Waals surface area contributed by atoms with Crippen molar-refractivity contribution in [2.75, 3.05) is 39.8 Å². The molecule has 6 heteroatoms. The smallest absolute Gasteiger partial charge is 0.304 e. The van der Waals surface area contributed by atoms with Crippen molar-refractivity contribution in [3.8, 4) is 0 Å². The molecule has 0 unspecified atom stereocenters. The topological polar surface area (TPSA) is 46.3 Å². The number of hydrogen-bond donors (Lipinski definition) is 0. The number of piperazine rings is 1. The highest BCUT2D eigenvalue weighted by Gasteiger charge is 2.13. The molecule has 0 spiro atoms. The summed E-state index contributed by atoms with van der Waals surface area (Å²) in [4.78, 5) is 16.2. The Morgan fingerprint density at radius 3 is 2.44 bits per heavy atom. The van der Waals surface area contributed by atoms with E-state index >= 15 is 0 Å². The van der Waals surface area contributed by atoms with E-state index in [9.17, 15) is 4.79 Å². The Morgan fingerprint density at radius 2 is 1.88 bits per heavy atom. The summed E-state index contributed by atoms with van der Waals surface area (Å²) in [5.41, 5.74) is -0.0332. The monoisotopic (exact) mass is 225 g/mol. The second-order valence-corrected chi connectivity index (χ2v) is 4.39. The third kappa shape index (κ3) is 2.51. The molecule has 6 nitrogen and oxygen atoms in total. The lowest BCUT2D eigenvalue weighted by molar-refractivity contribution is 0.148. The molecule has 1 aliphatic rings. The van der Waals surface area contributed by atoms with Gasteiger partial charge in [0, 0.05) is 39.8 Å². The third-order valence-corrected chi connectivity index (χ3v) is 3.11. The number of nitrogens with zero attached hydrogens (tertiary/aromatic N) is 5. The fraction of sp³-hybridized carbons (Fsp3) is 0.800. The van der Waals surface area contributed by atoms with E-state index in [1.165, 1.54) is 9.25 Å². The van der Waals surface area contributed by atoms with Gasteiger partial charge in [-0.25, -0.2) is 9.48 Å². The van der Waals surface area contributed by atoms with Gasteiger partial charge in [-0.05, 0) is 7.05 Å². The van der Waals surface area contributed by atoms with E-state index in [2.05, 4.69) is 21.9 Å². The first-order valence-electron chi connectivity index (χ1n) is 5.66. The maximum atomic E-state index is 11.5. The number of aromatic nitrogens is 3. The van der Waals surface area contributed by atoms with E-state index in [4.69, 9.17) is 0 Å². The van der Waals surface area contributed by atoms with Crippen LogP contribution in [0.4, 0.5) is 0 Å². The number of aryl methyl sites for hydroxylation is 1. The molecular weight excluding hydrogens is 206 g/mol. The lowest BCUT2D eigenvalue weighted by Gasteiger charge is -2.32. The molecule has 90 valence electrons. The van der Waals surface area contributed by atoms with E-state index in [1.54, 1.807) is 13.4 Å². The summed E-state index contributed by atoms with van der Waals surface area (Å²) in [6, 6.07) is 0. The molecule has 1 aromatic heterocycles. The molecule has 0 aromatic carbocycles. The molecule has 1 aliphatic heterocycles. The van der Waals surface area contributed by atoms with Crippen LogP contribution < -0.4 is 5.69 Å². The van der Waals surface area contributed by atoms with Crippen LogP contribution in [0.15, 0.2) is 11.1 Å². The first-order chi connectivity index (χ1) is 7.66. The summed E-state index contributed by atoms with van der Waals surface area (Å²) in [5.74, 6) is 0. The molecule has 2 rings (SSSR count). The van der Waals surface area contributed by atoms with Crippen LogP contribution >= 0.6 is 0 Å². The minimum Gasteiger partial charge on any atom is -0.304 e. The molecule has 0 aliphatic carbocycles. The predicted molar refractivity (Wildman–Crippen MR) is 61.4 cm³/mol. The fourth-order valence-electron chi connectivity index (χ4n) is 1.88. The van der Waals surface area contributed by atoms with Crippen LogP contribution in [0.3, 0.4) is 0 Å². The van der Waals surface area contributed by atoms with E-state index in [-0.39, 0.29) is 5.69 Å². The Labute approximate surface area is 95.1 Å². The first kappa shape index (κ1) is 11.3. The van der Waals surface area contributed by atoms with E-state index in [0.29, 0.717) is 6.54 Å². The zero-order chi connectivity index (χ0) is 11.5. The van der Waals surface area contributed by atoms with Gasteiger partial charge >= 0.3 is 5.69 Å². The van der Waals surface area contributed by atoms with E-state index in [0.717, 1.165) is 32.7 Å². The summed E-state index contributed by atoms with van der Waals surface area (Å²) < 4.78 is 3.03. The van der Waals surface area contributed by atoms with Gasteiger partial charge in [0.25, 0.3) is 0 Å². The van der Waals surface area contributed by atoms with Crippen LogP contribution in [-0.4, -0.2) is 63.9 Å². The van der Waals surface area contributed by atoms with Gasteiger partial charge in [-0.1, -0.05) is 0 Å². The van der Waals surface area contributed by atoms with Crippen molar-refractivity contribution in [2.24, 2.45) is 7.05 Å². The van der Waals surface area contributed by atoms with E-state index in [1.807, 2.05) is 0 Å². The van der Waals surface area contributed by atoms with Crippen molar-refractivity contribution in [3.63, 3.8) is 0 Å². The minimum absolute atomic E-state index is 0.0332. The molecule has 2 heterocycles. The average molecular weight is 225 g/mol. The molecule has 1 saturated heterocycles. The third-order valence-electron chi connectivity index (χ3n) is 3.11.